The average molecular weight is 180 g/mol. The van der Waals surface area contributed by atoms with Gasteiger partial charge in [-0.25, -0.2) is 9.97 Å². The second-order valence-corrected chi connectivity index (χ2v) is 2.81. The first kappa shape index (κ1) is 9.80. The molecule has 1 atom stereocenters. The first-order valence-electron chi connectivity index (χ1n) is 4.18. The molecular weight excluding hydrogens is 168 g/mol. The molecule has 1 aromatic heterocycles. The van der Waals surface area contributed by atoms with Crippen molar-refractivity contribution in [3.05, 3.63) is 24.3 Å². The highest BCUT2D eigenvalue weighted by atomic mass is 16.3. The van der Waals surface area contributed by atoms with Gasteiger partial charge in [-0.3, -0.25) is 4.79 Å². The van der Waals surface area contributed by atoms with Crippen LogP contribution in [0.5, 0.6) is 0 Å². The lowest BCUT2D eigenvalue weighted by Gasteiger charge is -2.05. The quantitative estimate of drug-likeness (QED) is 0.726. The van der Waals surface area contributed by atoms with Gasteiger partial charge in [-0.2, -0.15) is 0 Å². The van der Waals surface area contributed by atoms with Crippen LogP contribution in [0.2, 0.25) is 0 Å². The molecular formula is C9H12N2O2. The van der Waals surface area contributed by atoms with E-state index < -0.39 is 6.10 Å². The summed E-state index contributed by atoms with van der Waals surface area (Å²) in [6.07, 6.45) is 4.35. The van der Waals surface area contributed by atoms with Crippen molar-refractivity contribution in [3.63, 3.8) is 0 Å². The Morgan fingerprint density at radius 2 is 2.15 bits per heavy atom. The molecule has 0 amide bonds. The lowest BCUT2D eigenvalue weighted by molar-refractivity contribution is -0.126. The van der Waals surface area contributed by atoms with E-state index >= 15 is 0 Å². The standard InChI is InChI=1S/C9H12N2O2/c1-2-8(12)9(13)3-7-4-10-6-11-5-7/h4-6,8,12H,2-3H2,1H3. The lowest BCUT2D eigenvalue weighted by Crippen LogP contribution is -2.21. The second-order valence-electron chi connectivity index (χ2n) is 2.81. The molecule has 1 rings (SSSR count). The third-order valence-corrected chi connectivity index (χ3v) is 1.75. The number of ketones is 1. The molecule has 1 unspecified atom stereocenters. The van der Waals surface area contributed by atoms with E-state index in [1.807, 2.05) is 0 Å². The minimum Gasteiger partial charge on any atom is -0.385 e. The van der Waals surface area contributed by atoms with E-state index in [1.165, 1.54) is 6.33 Å². The number of carbonyl (C=O) groups excluding carboxylic acids is 1. The zero-order valence-electron chi connectivity index (χ0n) is 7.47. The molecule has 1 N–H and O–H groups in total. The second kappa shape index (κ2) is 4.67. The Bertz CT molecular complexity index is 274. The number of aliphatic hydroxyl groups excluding tert-OH is 1. The van der Waals surface area contributed by atoms with Crippen LogP contribution in [-0.2, 0) is 11.2 Å². The molecule has 1 heterocycles. The zero-order chi connectivity index (χ0) is 9.68. The van der Waals surface area contributed by atoms with E-state index in [-0.39, 0.29) is 12.2 Å². The fraction of sp³-hybridized carbons (Fsp3) is 0.444. The summed E-state index contributed by atoms with van der Waals surface area (Å²) in [5.74, 6) is -0.183. The molecule has 0 radical (unpaired) electrons. The number of hydrogen-bond donors (Lipinski definition) is 1. The van der Waals surface area contributed by atoms with Crippen molar-refractivity contribution in [1.29, 1.82) is 0 Å². The number of Topliss-reactive ketones (excluding diaryl/α,β-unsaturated/α-hetero) is 1. The molecule has 0 aliphatic heterocycles. The van der Waals surface area contributed by atoms with Crippen molar-refractivity contribution in [2.75, 3.05) is 0 Å². The van der Waals surface area contributed by atoms with E-state index in [4.69, 9.17) is 0 Å². The lowest BCUT2D eigenvalue weighted by atomic mass is 10.1. The minimum absolute atomic E-state index is 0.183. The summed E-state index contributed by atoms with van der Waals surface area (Å²) in [4.78, 5) is 18.8. The number of rotatable bonds is 4. The van der Waals surface area contributed by atoms with Crippen LogP contribution < -0.4 is 0 Å². The fourth-order valence-corrected chi connectivity index (χ4v) is 0.968. The Morgan fingerprint density at radius 3 is 2.69 bits per heavy atom. The average Bonchev–Trinajstić information content (AvgIpc) is 2.18. The van der Waals surface area contributed by atoms with Crippen LogP contribution in [0.25, 0.3) is 0 Å². The SMILES string of the molecule is CCC(O)C(=O)Cc1cncnc1. The summed E-state index contributed by atoms with van der Waals surface area (Å²) in [7, 11) is 0. The largest absolute Gasteiger partial charge is 0.385 e. The maximum Gasteiger partial charge on any atom is 0.165 e. The topological polar surface area (TPSA) is 63.1 Å². The summed E-state index contributed by atoms with van der Waals surface area (Å²) in [5, 5.41) is 9.20. The van der Waals surface area contributed by atoms with Crippen LogP contribution in [0.15, 0.2) is 18.7 Å². The van der Waals surface area contributed by atoms with Crippen LogP contribution in [-0.4, -0.2) is 27.0 Å². The molecule has 1 aromatic rings. The maximum atomic E-state index is 11.2. The third kappa shape index (κ3) is 2.91. The smallest absolute Gasteiger partial charge is 0.165 e. The number of carbonyl (C=O) groups is 1. The van der Waals surface area contributed by atoms with Gasteiger partial charge in [0.15, 0.2) is 5.78 Å². The van der Waals surface area contributed by atoms with Gasteiger partial charge >= 0.3 is 0 Å². The van der Waals surface area contributed by atoms with Crippen molar-refractivity contribution in [1.82, 2.24) is 9.97 Å². The Labute approximate surface area is 76.7 Å². The van der Waals surface area contributed by atoms with Crippen LogP contribution in [0.4, 0.5) is 0 Å². The zero-order valence-corrected chi connectivity index (χ0v) is 7.47. The van der Waals surface area contributed by atoms with Crippen molar-refractivity contribution < 1.29 is 9.90 Å². The Balaban J connectivity index is 2.55. The Kier molecular flexibility index (Phi) is 3.52. The molecule has 0 fully saturated rings. The van der Waals surface area contributed by atoms with E-state index in [0.717, 1.165) is 5.56 Å². The first-order valence-corrected chi connectivity index (χ1v) is 4.18. The van der Waals surface area contributed by atoms with Crippen LogP contribution in [0, 0.1) is 0 Å². The molecule has 0 saturated carbocycles. The molecule has 4 nitrogen and oxygen atoms in total. The molecule has 70 valence electrons. The molecule has 13 heavy (non-hydrogen) atoms. The summed E-state index contributed by atoms with van der Waals surface area (Å²) in [5.41, 5.74) is 0.736. The van der Waals surface area contributed by atoms with E-state index in [2.05, 4.69) is 9.97 Å². The fourth-order valence-electron chi connectivity index (χ4n) is 0.968. The summed E-state index contributed by atoms with van der Waals surface area (Å²) in [6.45, 7) is 1.77. The summed E-state index contributed by atoms with van der Waals surface area (Å²) in [6, 6.07) is 0. The van der Waals surface area contributed by atoms with Gasteiger partial charge in [0, 0.05) is 18.8 Å². The molecule has 0 aromatic carbocycles. The van der Waals surface area contributed by atoms with Crippen molar-refractivity contribution >= 4 is 5.78 Å². The highest BCUT2D eigenvalue weighted by Crippen LogP contribution is 2.00. The number of nitrogens with zero attached hydrogens (tertiary/aromatic N) is 2. The highest BCUT2D eigenvalue weighted by molar-refractivity contribution is 5.84. The molecule has 0 saturated heterocycles. The minimum atomic E-state index is -0.861. The van der Waals surface area contributed by atoms with E-state index in [9.17, 15) is 9.90 Å². The highest BCUT2D eigenvalue weighted by Gasteiger charge is 2.12. The van der Waals surface area contributed by atoms with E-state index in [0.29, 0.717) is 6.42 Å². The number of hydrogen-bond acceptors (Lipinski definition) is 4. The van der Waals surface area contributed by atoms with Gasteiger partial charge in [-0.15, -0.1) is 0 Å². The van der Waals surface area contributed by atoms with Gasteiger partial charge in [0.2, 0.25) is 0 Å². The molecule has 0 aliphatic rings. The Hall–Kier alpha value is -1.29. The first-order chi connectivity index (χ1) is 6.24. The van der Waals surface area contributed by atoms with Crippen LogP contribution in [0.3, 0.4) is 0 Å². The predicted octanol–water partition coefficient (Wildman–Crippen LogP) is 0.359. The molecule has 0 spiro atoms. The molecule has 4 heteroatoms. The van der Waals surface area contributed by atoms with Crippen LogP contribution in [0.1, 0.15) is 18.9 Å². The molecule has 0 bridgehead atoms. The Morgan fingerprint density at radius 1 is 1.54 bits per heavy atom. The van der Waals surface area contributed by atoms with Gasteiger partial charge in [0.25, 0.3) is 0 Å². The normalized spacial score (nSPS) is 12.5. The van der Waals surface area contributed by atoms with Crippen LogP contribution >= 0.6 is 0 Å². The van der Waals surface area contributed by atoms with Gasteiger partial charge in [-0.05, 0) is 12.0 Å². The van der Waals surface area contributed by atoms with Gasteiger partial charge in [0.1, 0.15) is 12.4 Å². The summed E-state index contributed by atoms with van der Waals surface area (Å²) >= 11 is 0. The van der Waals surface area contributed by atoms with Crippen molar-refractivity contribution in [2.45, 2.75) is 25.9 Å². The summed E-state index contributed by atoms with van der Waals surface area (Å²) < 4.78 is 0. The van der Waals surface area contributed by atoms with Crippen molar-refractivity contribution in [3.8, 4) is 0 Å². The monoisotopic (exact) mass is 180 g/mol. The van der Waals surface area contributed by atoms with E-state index in [1.54, 1.807) is 19.3 Å². The number of aromatic nitrogens is 2. The van der Waals surface area contributed by atoms with Gasteiger partial charge in [0.05, 0.1) is 0 Å². The maximum absolute atomic E-state index is 11.2. The molecule has 0 aliphatic carbocycles. The van der Waals surface area contributed by atoms with Crippen molar-refractivity contribution in [2.24, 2.45) is 0 Å². The van der Waals surface area contributed by atoms with Gasteiger partial charge in [-0.1, -0.05) is 6.92 Å². The van der Waals surface area contributed by atoms with Gasteiger partial charge < -0.3 is 5.11 Å². The number of aliphatic hydroxyl groups is 1. The third-order valence-electron chi connectivity index (χ3n) is 1.75. The predicted molar refractivity (Wildman–Crippen MR) is 47.0 cm³/mol.